The highest BCUT2D eigenvalue weighted by Gasteiger charge is 2.16. The molecule has 0 aliphatic rings. The Bertz CT molecular complexity index is 1010. The van der Waals surface area contributed by atoms with E-state index in [2.05, 4.69) is 51.4 Å². The number of hydrogen-bond acceptors (Lipinski definition) is 4. The lowest BCUT2D eigenvalue weighted by atomic mass is 10.1. The van der Waals surface area contributed by atoms with Gasteiger partial charge in [0.2, 0.25) is 0 Å². The van der Waals surface area contributed by atoms with Crippen LogP contribution in [0.1, 0.15) is 82.3 Å². The van der Waals surface area contributed by atoms with E-state index in [1.807, 2.05) is 0 Å². The summed E-state index contributed by atoms with van der Waals surface area (Å²) >= 11 is 0. The number of unbranched alkanes of at least 4 members (excludes halogenated alkanes) is 9. The van der Waals surface area contributed by atoms with Gasteiger partial charge < -0.3 is 4.48 Å². The van der Waals surface area contributed by atoms with E-state index in [-0.39, 0.29) is 16.1 Å². The third kappa shape index (κ3) is 13.7. The molecule has 2 aromatic carbocycles. The SMILES string of the molecule is CCCCCCCCCCCC[N+](C)(C)Cc1ccccc1.Cc1cc([N+](=O)[O-])ccc1S(=O)(=O)O. The van der Waals surface area contributed by atoms with Crippen LogP contribution in [0.3, 0.4) is 0 Å². The third-order valence-electron chi connectivity index (χ3n) is 6.22. The number of rotatable bonds is 15. The van der Waals surface area contributed by atoms with Crippen molar-refractivity contribution in [3.8, 4) is 0 Å². The molecular formula is C28H45N2O5S+. The summed E-state index contributed by atoms with van der Waals surface area (Å²) in [6.07, 6.45) is 14.2. The van der Waals surface area contributed by atoms with Crippen molar-refractivity contribution in [2.75, 3.05) is 20.6 Å². The molecule has 36 heavy (non-hydrogen) atoms. The Kier molecular flexibility index (Phi) is 14.5. The second-order valence-electron chi connectivity index (χ2n) is 10.2. The maximum Gasteiger partial charge on any atom is 0.294 e. The van der Waals surface area contributed by atoms with Gasteiger partial charge in [0.15, 0.2) is 0 Å². The zero-order valence-corrected chi connectivity index (χ0v) is 23.3. The van der Waals surface area contributed by atoms with E-state index in [1.54, 1.807) is 0 Å². The maximum absolute atomic E-state index is 10.7. The molecule has 0 aliphatic carbocycles. The van der Waals surface area contributed by atoms with Crippen molar-refractivity contribution in [2.24, 2.45) is 0 Å². The zero-order valence-electron chi connectivity index (χ0n) is 22.5. The highest BCUT2D eigenvalue weighted by atomic mass is 32.2. The molecule has 0 saturated heterocycles. The number of nitro groups is 1. The van der Waals surface area contributed by atoms with E-state index in [1.165, 1.54) is 83.2 Å². The molecule has 0 aliphatic heterocycles. The molecule has 0 heterocycles. The molecule has 2 rings (SSSR count). The van der Waals surface area contributed by atoms with Crippen molar-refractivity contribution in [3.63, 3.8) is 0 Å². The molecule has 2 aromatic rings. The van der Waals surface area contributed by atoms with Crippen LogP contribution in [0.2, 0.25) is 0 Å². The van der Waals surface area contributed by atoms with E-state index in [0.717, 1.165) is 29.2 Å². The Morgan fingerprint density at radius 1 is 0.861 bits per heavy atom. The summed E-state index contributed by atoms with van der Waals surface area (Å²) in [5.74, 6) is 0. The minimum atomic E-state index is -4.30. The zero-order chi connectivity index (χ0) is 27.0. The molecule has 0 fully saturated rings. The smallest absolute Gasteiger partial charge is 0.294 e. The van der Waals surface area contributed by atoms with Crippen LogP contribution in [0, 0.1) is 17.0 Å². The van der Waals surface area contributed by atoms with Crippen LogP contribution in [0.25, 0.3) is 0 Å². The fourth-order valence-corrected chi connectivity index (χ4v) is 4.93. The predicted molar refractivity (Wildman–Crippen MR) is 147 cm³/mol. The molecule has 7 nitrogen and oxygen atoms in total. The van der Waals surface area contributed by atoms with Gasteiger partial charge in [-0.3, -0.25) is 14.7 Å². The summed E-state index contributed by atoms with van der Waals surface area (Å²) in [4.78, 5) is 9.35. The van der Waals surface area contributed by atoms with Crippen LogP contribution in [-0.4, -0.2) is 43.0 Å². The Balaban J connectivity index is 0.000000397. The lowest BCUT2D eigenvalue weighted by Crippen LogP contribution is -2.39. The van der Waals surface area contributed by atoms with Crippen molar-refractivity contribution in [3.05, 3.63) is 69.8 Å². The predicted octanol–water partition coefficient (Wildman–Crippen LogP) is 7.33. The van der Waals surface area contributed by atoms with Gasteiger partial charge in [0, 0.05) is 17.7 Å². The first-order chi connectivity index (χ1) is 17.0. The largest absolute Gasteiger partial charge is 0.325 e. The molecule has 0 spiro atoms. The number of non-ortho nitro benzene ring substituents is 1. The second kappa shape index (κ2) is 16.5. The molecule has 0 bridgehead atoms. The Hall–Kier alpha value is -2.29. The lowest BCUT2D eigenvalue weighted by Gasteiger charge is -2.30. The van der Waals surface area contributed by atoms with Crippen molar-refractivity contribution in [2.45, 2.75) is 89.5 Å². The molecule has 202 valence electrons. The van der Waals surface area contributed by atoms with Crippen molar-refractivity contribution in [1.82, 2.24) is 0 Å². The summed E-state index contributed by atoms with van der Waals surface area (Å²) in [6, 6.07) is 14.0. The highest BCUT2D eigenvalue weighted by molar-refractivity contribution is 7.85. The quantitative estimate of drug-likeness (QED) is 0.0869. The second-order valence-corrected chi connectivity index (χ2v) is 11.6. The number of quaternary nitrogens is 1. The maximum atomic E-state index is 10.7. The third-order valence-corrected chi connectivity index (χ3v) is 7.23. The summed E-state index contributed by atoms with van der Waals surface area (Å²) in [5.41, 5.74) is 1.39. The first-order valence-corrected chi connectivity index (χ1v) is 14.5. The van der Waals surface area contributed by atoms with Crippen LogP contribution in [0.5, 0.6) is 0 Å². The van der Waals surface area contributed by atoms with Gasteiger partial charge in [0.05, 0.1) is 30.5 Å². The van der Waals surface area contributed by atoms with Crippen LogP contribution < -0.4 is 0 Å². The van der Waals surface area contributed by atoms with E-state index in [4.69, 9.17) is 4.55 Å². The molecule has 0 radical (unpaired) electrons. The van der Waals surface area contributed by atoms with Gasteiger partial charge in [-0.2, -0.15) is 8.42 Å². The van der Waals surface area contributed by atoms with Gasteiger partial charge in [-0.15, -0.1) is 0 Å². The van der Waals surface area contributed by atoms with E-state index >= 15 is 0 Å². The normalized spacial score (nSPS) is 11.6. The number of hydrogen-bond donors (Lipinski definition) is 1. The average molecular weight is 522 g/mol. The fourth-order valence-electron chi connectivity index (χ4n) is 4.22. The van der Waals surface area contributed by atoms with Gasteiger partial charge in [-0.05, 0) is 31.4 Å². The topological polar surface area (TPSA) is 97.5 Å². The molecule has 1 N–H and O–H groups in total. The van der Waals surface area contributed by atoms with Gasteiger partial charge in [-0.25, -0.2) is 0 Å². The van der Waals surface area contributed by atoms with Crippen LogP contribution in [0.4, 0.5) is 5.69 Å². The highest BCUT2D eigenvalue weighted by Crippen LogP contribution is 2.20. The Morgan fingerprint density at radius 3 is 1.86 bits per heavy atom. The van der Waals surface area contributed by atoms with Crippen LogP contribution in [0.15, 0.2) is 53.4 Å². The number of nitrogens with zero attached hydrogens (tertiary/aromatic N) is 2. The number of nitro benzene ring substituents is 1. The minimum Gasteiger partial charge on any atom is -0.325 e. The molecule has 0 saturated carbocycles. The molecule has 0 amide bonds. The van der Waals surface area contributed by atoms with Crippen molar-refractivity contribution < 1.29 is 22.4 Å². The van der Waals surface area contributed by atoms with E-state index in [0.29, 0.717) is 0 Å². The van der Waals surface area contributed by atoms with Crippen LogP contribution in [-0.2, 0) is 16.7 Å². The molecule has 8 heteroatoms. The lowest BCUT2D eigenvalue weighted by molar-refractivity contribution is -0.903. The fraction of sp³-hybridized carbons (Fsp3) is 0.571. The Labute approximate surface area is 218 Å². The van der Waals surface area contributed by atoms with E-state index in [9.17, 15) is 18.5 Å². The van der Waals surface area contributed by atoms with Crippen LogP contribution >= 0.6 is 0 Å². The monoisotopic (exact) mass is 521 g/mol. The first kappa shape index (κ1) is 31.7. The molecule has 0 unspecified atom stereocenters. The van der Waals surface area contributed by atoms with Crippen molar-refractivity contribution in [1.29, 1.82) is 0 Å². The summed E-state index contributed by atoms with van der Waals surface area (Å²) in [7, 11) is 0.425. The average Bonchev–Trinajstić information content (AvgIpc) is 2.80. The van der Waals surface area contributed by atoms with Gasteiger partial charge in [-0.1, -0.05) is 88.6 Å². The number of benzene rings is 2. The van der Waals surface area contributed by atoms with Gasteiger partial charge >= 0.3 is 0 Å². The molecule has 0 atom stereocenters. The number of aryl methyl sites for hydroxylation is 1. The standard InChI is InChI=1S/C21H38N.C7H7NO5S/c1-4-5-6-7-8-9-10-11-12-16-19-22(2,3)20-21-17-14-13-15-18-21;1-5-4-6(8(9)10)2-3-7(5)14(11,12)13/h13-15,17-18H,4-12,16,19-20H2,1-3H3;2-4H,1H3,(H,11,12,13)/q+1;. The van der Waals surface area contributed by atoms with Crippen molar-refractivity contribution >= 4 is 15.8 Å². The molecule has 0 aromatic heterocycles. The summed E-state index contributed by atoms with van der Waals surface area (Å²) < 4.78 is 31.3. The minimum absolute atomic E-state index is 0.140. The Morgan fingerprint density at radius 2 is 1.39 bits per heavy atom. The molecular weight excluding hydrogens is 476 g/mol. The van der Waals surface area contributed by atoms with Gasteiger partial charge in [0.25, 0.3) is 15.8 Å². The van der Waals surface area contributed by atoms with E-state index < -0.39 is 15.0 Å². The first-order valence-electron chi connectivity index (χ1n) is 13.0. The summed E-state index contributed by atoms with van der Waals surface area (Å²) in [6.45, 7) is 6.11. The van der Waals surface area contributed by atoms with Gasteiger partial charge in [0.1, 0.15) is 6.54 Å². The summed E-state index contributed by atoms with van der Waals surface area (Å²) in [5, 5.41) is 10.3.